The SMILES string of the molecule is COCCC(C)(O)CNC(=O)OC(C)(C)C. The molecule has 0 aliphatic carbocycles. The summed E-state index contributed by atoms with van der Waals surface area (Å²) in [5.74, 6) is 0. The van der Waals surface area contributed by atoms with E-state index in [1.165, 1.54) is 0 Å². The smallest absolute Gasteiger partial charge is 0.407 e. The molecule has 1 atom stereocenters. The summed E-state index contributed by atoms with van der Waals surface area (Å²) in [4.78, 5) is 11.3. The lowest BCUT2D eigenvalue weighted by Gasteiger charge is -2.25. The van der Waals surface area contributed by atoms with Gasteiger partial charge in [0.15, 0.2) is 0 Å². The van der Waals surface area contributed by atoms with Gasteiger partial charge in [0.1, 0.15) is 5.60 Å². The topological polar surface area (TPSA) is 67.8 Å². The van der Waals surface area contributed by atoms with Gasteiger partial charge in [-0.15, -0.1) is 0 Å². The Morgan fingerprint density at radius 1 is 1.31 bits per heavy atom. The van der Waals surface area contributed by atoms with Crippen LogP contribution in [0.15, 0.2) is 0 Å². The summed E-state index contributed by atoms with van der Waals surface area (Å²) >= 11 is 0. The highest BCUT2D eigenvalue weighted by molar-refractivity contribution is 5.67. The van der Waals surface area contributed by atoms with Gasteiger partial charge < -0.3 is 19.9 Å². The van der Waals surface area contributed by atoms with Gasteiger partial charge >= 0.3 is 6.09 Å². The lowest BCUT2D eigenvalue weighted by molar-refractivity contribution is 0.0150. The highest BCUT2D eigenvalue weighted by Crippen LogP contribution is 2.09. The second kappa shape index (κ2) is 6.06. The van der Waals surface area contributed by atoms with Crippen LogP contribution in [-0.2, 0) is 9.47 Å². The van der Waals surface area contributed by atoms with Crippen molar-refractivity contribution < 1.29 is 19.4 Å². The molecule has 0 rings (SSSR count). The van der Waals surface area contributed by atoms with Crippen LogP contribution in [0.4, 0.5) is 4.79 Å². The van der Waals surface area contributed by atoms with Crippen LogP contribution in [0, 0.1) is 0 Å². The molecule has 16 heavy (non-hydrogen) atoms. The van der Waals surface area contributed by atoms with E-state index in [9.17, 15) is 9.90 Å². The number of rotatable bonds is 5. The first-order chi connectivity index (χ1) is 7.16. The Hall–Kier alpha value is -0.810. The van der Waals surface area contributed by atoms with Gasteiger partial charge in [-0.1, -0.05) is 0 Å². The maximum Gasteiger partial charge on any atom is 0.407 e. The molecule has 0 aromatic carbocycles. The molecule has 0 aliphatic rings. The molecule has 5 heteroatoms. The molecule has 2 N–H and O–H groups in total. The number of ether oxygens (including phenoxy) is 2. The molecule has 5 nitrogen and oxygen atoms in total. The van der Waals surface area contributed by atoms with E-state index in [4.69, 9.17) is 9.47 Å². The van der Waals surface area contributed by atoms with Gasteiger partial charge in [-0.2, -0.15) is 0 Å². The molecular formula is C11H23NO4. The van der Waals surface area contributed by atoms with Crippen LogP contribution in [0.25, 0.3) is 0 Å². The number of nitrogens with one attached hydrogen (secondary N) is 1. The van der Waals surface area contributed by atoms with E-state index >= 15 is 0 Å². The third-order valence-electron chi connectivity index (χ3n) is 1.86. The van der Waals surface area contributed by atoms with Crippen molar-refractivity contribution >= 4 is 6.09 Å². The first kappa shape index (κ1) is 15.2. The summed E-state index contributed by atoms with van der Waals surface area (Å²) in [5.41, 5.74) is -1.50. The molecular weight excluding hydrogens is 210 g/mol. The molecule has 0 heterocycles. The van der Waals surface area contributed by atoms with Crippen LogP contribution < -0.4 is 5.32 Å². The average molecular weight is 233 g/mol. The van der Waals surface area contributed by atoms with E-state index in [1.807, 2.05) is 0 Å². The summed E-state index contributed by atoms with van der Waals surface area (Å²) in [7, 11) is 1.57. The first-order valence-corrected chi connectivity index (χ1v) is 5.34. The third-order valence-corrected chi connectivity index (χ3v) is 1.86. The molecule has 0 saturated carbocycles. The molecule has 0 aromatic rings. The van der Waals surface area contributed by atoms with E-state index in [0.29, 0.717) is 13.0 Å². The predicted octanol–water partition coefficient (Wildman–Crippen LogP) is 1.30. The standard InChI is InChI=1S/C11H23NO4/c1-10(2,3)16-9(13)12-8-11(4,14)6-7-15-5/h14H,6-8H2,1-5H3,(H,12,13). The van der Waals surface area contributed by atoms with Crippen LogP contribution in [0.3, 0.4) is 0 Å². The maximum atomic E-state index is 11.3. The number of amides is 1. The molecule has 0 aliphatic heterocycles. The number of carbonyl (C=O) groups is 1. The largest absolute Gasteiger partial charge is 0.444 e. The quantitative estimate of drug-likeness (QED) is 0.751. The number of alkyl carbamates (subject to hydrolysis) is 1. The zero-order valence-electron chi connectivity index (χ0n) is 10.8. The second-order valence-electron chi connectivity index (χ2n) is 5.10. The van der Waals surface area contributed by atoms with Crippen molar-refractivity contribution in [3.8, 4) is 0 Å². The van der Waals surface area contributed by atoms with Crippen molar-refractivity contribution in [2.75, 3.05) is 20.3 Å². The van der Waals surface area contributed by atoms with Crippen LogP contribution in [0.2, 0.25) is 0 Å². The van der Waals surface area contributed by atoms with Crippen LogP contribution in [0.1, 0.15) is 34.1 Å². The minimum atomic E-state index is -0.979. The molecule has 0 spiro atoms. The van der Waals surface area contributed by atoms with Gasteiger partial charge in [-0.3, -0.25) is 0 Å². The number of methoxy groups -OCH3 is 1. The van der Waals surface area contributed by atoms with Gasteiger partial charge in [0.2, 0.25) is 0 Å². The minimum absolute atomic E-state index is 0.144. The Morgan fingerprint density at radius 3 is 2.31 bits per heavy atom. The molecule has 1 amide bonds. The van der Waals surface area contributed by atoms with Crippen molar-refractivity contribution in [2.24, 2.45) is 0 Å². The van der Waals surface area contributed by atoms with Crippen molar-refractivity contribution in [3.63, 3.8) is 0 Å². The van der Waals surface area contributed by atoms with Crippen molar-refractivity contribution in [1.82, 2.24) is 5.32 Å². The lowest BCUT2D eigenvalue weighted by Crippen LogP contribution is -2.43. The summed E-state index contributed by atoms with van der Waals surface area (Å²) in [6.45, 7) is 7.60. The van der Waals surface area contributed by atoms with Gasteiger partial charge in [-0.25, -0.2) is 4.79 Å². The van der Waals surface area contributed by atoms with E-state index in [1.54, 1.807) is 34.8 Å². The van der Waals surface area contributed by atoms with Gasteiger partial charge in [0.25, 0.3) is 0 Å². The van der Waals surface area contributed by atoms with Crippen LogP contribution >= 0.6 is 0 Å². The molecule has 0 aromatic heterocycles. The molecule has 0 fully saturated rings. The molecule has 0 bridgehead atoms. The molecule has 0 saturated heterocycles. The third kappa shape index (κ3) is 8.49. The van der Waals surface area contributed by atoms with E-state index in [-0.39, 0.29) is 6.54 Å². The minimum Gasteiger partial charge on any atom is -0.444 e. The molecule has 0 radical (unpaired) electrons. The lowest BCUT2D eigenvalue weighted by atomic mass is 10.0. The fourth-order valence-electron chi connectivity index (χ4n) is 0.987. The summed E-state index contributed by atoms with van der Waals surface area (Å²) < 4.78 is 9.91. The number of hydrogen-bond donors (Lipinski definition) is 2. The second-order valence-corrected chi connectivity index (χ2v) is 5.10. The first-order valence-electron chi connectivity index (χ1n) is 5.34. The summed E-state index contributed by atoms with van der Waals surface area (Å²) in [6.07, 6.45) is -0.0653. The van der Waals surface area contributed by atoms with Crippen molar-refractivity contribution in [1.29, 1.82) is 0 Å². The Morgan fingerprint density at radius 2 is 1.88 bits per heavy atom. The Bertz CT molecular complexity index is 221. The fraction of sp³-hybridized carbons (Fsp3) is 0.909. The normalized spacial score (nSPS) is 15.4. The highest BCUT2D eigenvalue weighted by Gasteiger charge is 2.23. The average Bonchev–Trinajstić information content (AvgIpc) is 2.09. The zero-order chi connectivity index (χ0) is 12.8. The number of aliphatic hydroxyl groups is 1. The van der Waals surface area contributed by atoms with Gasteiger partial charge in [-0.05, 0) is 27.7 Å². The number of carbonyl (C=O) groups excluding carboxylic acids is 1. The summed E-state index contributed by atoms with van der Waals surface area (Å²) in [5, 5.41) is 12.4. The van der Waals surface area contributed by atoms with Crippen LogP contribution in [0.5, 0.6) is 0 Å². The van der Waals surface area contributed by atoms with E-state index in [2.05, 4.69) is 5.32 Å². The van der Waals surface area contributed by atoms with Crippen molar-refractivity contribution in [3.05, 3.63) is 0 Å². The number of hydrogen-bond acceptors (Lipinski definition) is 4. The van der Waals surface area contributed by atoms with Gasteiger partial charge in [0, 0.05) is 26.7 Å². The van der Waals surface area contributed by atoms with Crippen LogP contribution in [-0.4, -0.2) is 42.7 Å². The molecule has 96 valence electrons. The molecule has 1 unspecified atom stereocenters. The van der Waals surface area contributed by atoms with Gasteiger partial charge in [0.05, 0.1) is 5.60 Å². The maximum absolute atomic E-state index is 11.3. The van der Waals surface area contributed by atoms with Crippen molar-refractivity contribution in [2.45, 2.75) is 45.3 Å². The predicted molar refractivity (Wildman–Crippen MR) is 61.4 cm³/mol. The van der Waals surface area contributed by atoms with E-state index < -0.39 is 17.3 Å². The highest BCUT2D eigenvalue weighted by atomic mass is 16.6. The zero-order valence-corrected chi connectivity index (χ0v) is 10.8. The Balaban J connectivity index is 3.90. The monoisotopic (exact) mass is 233 g/mol. The summed E-state index contributed by atoms with van der Waals surface area (Å²) in [6, 6.07) is 0. The van der Waals surface area contributed by atoms with E-state index in [0.717, 1.165) is 0 Å². The fourth-order valence-corrected chi connectivity index (χ4v) is 0.987. The Kier molecular flexibility index (Phi) is 5.75. The Labute approximate surface area is 97.1 Å².